The van der Waals surface area contributed by atoms with Crippen molar-refractivity contribution in [1.82, 2.24) is 8.97 Å². The Morgan fingerprint density at radius 1 is 1.19 bits per heavy atom. The second-order valence-corrected chi connectivity index (χ2v) is 7.57. The van der Waals surface area contributed by atoms with E-state index in [0.717, 1.165) is 22.1 Å². The minimum absolute atomic E-state index is 0.0343. The number of ketones is 1. The van der Waals surface area contributed by atoms with E-state index in [1.807, 2.05) is 42.5 Å². The van der Waals surface area contributed by atoms with Crippen molar-refractivity contribution in [3.05, 3.63) is 64.7 Å². The van der Waals surface area contributed by atoms with Crippen molar-refractivity contribution in [2.24, 2.45) is 5.92 Å². The zero-order chi connectivity index (χ0) is 18.1. The number of para-hydroxylation sites is 1. The topological polar surface area (TPSA) is 52.7 Å². The normalized spacial score (nSPS) is 25.0. The van der Waals surface area contributed by atoms with Gasteiger partial charge in [-0.05, 0) is 36.3 Å². The molecule has 1 aromatic carbocycles. The van der Waals surface area contributed by atoms with Gasteiger partial charge in [-0.25, -0.2) is 4.79 Å². The van der Waals surface area contributed by atoms with Gasteiger partial charge < -0.3 is 4.74 Å². The minimum atomic E-state index is -0.624. The summed E-state index contributed by atoms with van der Waals surface area (Å²) in [6.07, 6.45) is 3.75. The average Bonchev–Trinajstić information content (AvgIpc) is 2.99. The predicted molar refractivity (Wildman–Crippen MR) is 99.3 cm³/mol. The van der Waals surface area contributed by atoms with Crippen LogP contribution >= 0.6 is 0 Å². The molecule has 26 heavy (non-hydrogen) atoms. The number of carbonyl (C=O) groups excluding carboxylic acids is 1. The highest BCUT2D eigenvalue weighted by Gasteiger charge is 2.48. The number of fused-ring (bicyclic) bond motifs is 6. The Kier molecular flexibility index (Phi) is 3.10. The van der Waals surface area contributed by atoms with Crippen molar-refractivity contribution >= 4 is 22.2 Å². The Bertz CT molecular complexity index is 1150. The molecule has 5 nitrogen and oxygen atoms in total. The van der Waals surface area contributed by atoms with Crippen molar-refractivity contribution < 1.29 is 9.53 Å². The van der Waals surface area contributed by atoms with Crippen LogP contribution in [0.2, 0.25) is 0 Å². The summed E-state index contributed by atoms with van der Waals surface area (Å²) in [5.74, 6) is 0.182. The minimum Gasteiger partial charge on any atom is -0.362 e. The Hall–Kier alpha value is -2.66. The number of hydrogen-bond donors (Lipinski definition) is 0. The summed E-state index contributed by atoms with van der Waals surface area (Å²) >= 11 is 0. The highest BCUT2D eigenvalue weighted by molar-refractivity contribution is 5.91. The molecule has 0 amide bonds. The molecule has 2 atom stereocenters. The molecule has 0 unspecified atom stereocenters. The molecule has 0 saturated carbocycles. The van der Waals surface area contributed by atoms with Gasteiger partial charge in [-0.1, -0.05) is 32.0 Å². The maximum atomic E-state index is 13.5. The standard InChI is InChI=1S/C21H20N2O3/c1-13(2)21-8-7-17(24)11-19(21)23-16(12-26-21)10-15-9-14-5-3-4-6-18(14)22(15)20(23)25/h3-10,13,19H,11-12H2,1-2H3/t19-,21-/m1/s1. The number of ether oxygens (including phenoxy) is 1. The van der Waals surface area contributed by atoms with Crippen molar-refractivity contribution in [3.63, 3.8) is 0 Å². The van der Waals surface area contributed by atoms with E-state index in [4.69, 9.17) is 4.74 Å². The molecular weight excluding hydrogens is 328 g/mol. The van der Waals surface area contributed by atoms with Crippen molar-refractivity contribution in [2.45, 2.75) is 38.5 Å². The summed E-state index contributed by atoms with van der Waals surface area (Å²) in [7, 11) is 0. The van der Waals surface area contributed by atoms with E-state index in [1.165, 1.54) is 0 Å². The van der Waals surface area contributed by atoms with E-state index in [0.29, 0.717) is 6.61 Å². The van der Waals surface area contributed by atoms with Gasteiger partial charge in [0.2, 0.25) is 0 Å². The molecule has 2 aliphatic rings. The Morgan fingerprint density at radius 2 is 2.00 bits per heavy atom. The molecule has 1 aliphatic heterocycles. The van der Waals surface area contributed by atoms with E-state index in [1.54, 1.807) is 15.0 Å². The van der Waals surface area contributed by atoms with E-state index < -0.39 is 5.60 Å². The third-order valence-corrected chi connectivity index (χ3v) is 5.89. The van der Waals surface area contributed by atoms with Crippen LogP contribution in [0.1, 0.15) is 32.0 Å². The molecule has 0 bridgehead atoms. The van der Waals surface area contributed by atoms with Gasteiger partial charge in [0.15, 0.2) is 5.78 Å². The molecule has 0 spiro atoms. The average molecular weight is 348 g/mol. The number of nitrogens with zero attached hydrogens (tertiary/aromatic N) is 2. The highest BCUT2D eigenvalue weighted by atomic mass is 16.5. The van der Waals surface area contributed by atoms with E-state index in [9.17, 15) is 9.59 Å². The number of benzene rings is 1. The smallest absolute Gasteiger partial charge is 0.333 e. The summed E-state index contributed by atoms with van der Waals surface area (Å²) in [6, 6.07) is 11.6. The SMILES string of the molecule is CC(C)[C@]12C=CC(=O)C[C@H]1n1c(cc3cc4ccccc4n3c1=O)CO2. The first-order valence-corrected chi connectivity index (χ1v) is 9.02. The molecule has 0 fully saturated rings. The number of rotatable bonds is 1. The second-order valence-electron chi connectivity index (χ2n) is 7.57. The molecule has 0 N–H and O–H groups in total. The lowest BCUT2D eigenvalue weighted by atomic mass is 9.76. The predicted octanol–water partition coefficient (Wildman–Crippen LogP) is 3.25. The van der Waals surface area contributed by atoms with Crippen LogP contribution in [0.3, 0.4) is 0 Å². The molecule has 1 aliphatic carbocycles. The fraction of sp³-hybridized carbons (Fsp3) is 0.333. The highest BCUT2D eigenvalue weighted by Crippen LogP contribution is 2.44. The Morgan fingerprint density at radius 3 is 2.81 bits per heavy atom. The van der Waals surface area contributed by atoms with Crippen LogP contribution in [0.4, 0.5) is 0 Å². The number of hydrogen-bond acceptors (Lipinski definition) is 3. The first-order valence-electron chi connectivity index (χ1n) is 9.02. The summed E-state index contributed by atoms with van der Waals surface area (Å²) in [6.45, 7) is 4.51. The first-order chi connectivity index (χ1) is 12.5. The summed E-state index contributed by atoms with van der Waals surface area (Å²) in [4.78, 5) is 25.7. The van der Waals surface area contributed by atoms with Crippen LogP contribution in [0, 0.1) is 5.92 Å². The maximum Gasteiger partial charge on any atom is 0.333 e. The van der Waals surface area contributed by atoms with Gasteiger partial charge in [0.05, 0.1) is 29.4 Å². The largest absolute Gasteiger partial charge is 0.362 e. The molecular formula is C21H20N2O3. The quantitative estimate of drug-likeness (QED) is 0.678. The molecule has 5 heteroatoms. The molecule has 0 saturated heterocycles. The fourth-order valence-corrected chi connectivity index (χ4v) is 4.54. The summed E-state index contributed by atoms with van der Waals surface area (Å²) in [5, 5.41) is 1.03. The molecule has 3 aromatic rings. The van der Waals surface area contributed by atoms with Gasteiger partial charge in [-0.2, -0.15) is 0 Å². The Balaban J connectivity index is 1.85. The van der Waals surface area contributed by atoms with Gasteiger partial charge >= 0.3 is 5.69 Å². The van der Waals surface area contributed by atoms with Gasteiger partial charge in [0, 0.05) is 11.8 Å². The lowest BCUT2D eigenvalue weighted by Gasteiger charge is -2.47. The zero-order valence-electron chi connectivity index (χ0n) is 14.8. The van der Waals surface area contributed by atoms with Crippen LogP contribution in [-0.2, 0) is 16.1 Å². The maximum absolute atomic E-state index is 13.5. The van der Waals surface area contributed by atoms with Crippen LogP contribution < -0.4 is 5.69 Å². The van der Waals surface area contributed by atoms with Crippen molar-refractivity contribution in [1.29, 1.82) is 0 Å². The van der Waals surface area contributed by atoms with Gasteiger partial charge in [0.1, 0.15) is 5.60 Å². The van der Waals surface area contributed by atoms with Gasteiger partial charge in [0.25, 0.3) is 0 Å². The number of carbonyl (C=O) groups is 1. The molecule has 132 valence electrons. The second kappa shape index (κ2) is 5.17. The van der Waals surface area contributed by atoms with Gasteiger partial charge in [-0.3, -0.25) is 13.8 Å². The summed E-state index contributed by atoms with van der Waals surface area (Å²) < 4.78 is 9.82. The van der Waals surface area contributed by atoms with Crippen LogP contribution in [0.5, 0.6) is 0 Å². The van der Waals surface area contributed by atoms with E-state index >= 15 is 0 Å². The third kappa shape index (κ3) is 1.89. The first kappa shape index (κ1) is 15.6. The van der Waals surface area contributed by atoms with Crippen LogP contribution in [0.15, 0.2) is 53.3 Å². The lowest BCUT2D eigenvalue weighted by molar-refractivity contribution is -0.134. The monoisotopic (exact) mass is 348 g/mol. The Labute approximate surface area is 150 Å². The van der Waals surface area contributed by atoms with Crippen molar-refractivity contribution in [3.8, 4) is 0 Å². The lowest BCUT2D eigenvalue weighted by Crippen LogP contribution is -2.54. The number of allylic oxidation sites excluding steroid dienone is 1. The molecule has 5 rings (SSSR count). The fourth-order valence-electron chi connectivity index (χ4n) is 4.54. The van der Waals surface area contributed by atoms with E-state index in [-0.39, 0.29) is 29.9 Å². The molecule has 0 radical (unpaired) electrons. The van der Waals surface area contributed by atoms with Crippen LogP contribution in [0.25, 0.3) is 16.4 Å². The molecule has 2 aromatic heterocycles. The number of aromatic nitrogens is 2. The van der Waals surface area contributed by atoms with Crippen LogP contribution in [-0.4, -0.2) is 20.4 Å². The van der Waals surface area contributed by atoms with Crippen molar-refractivity contribution in [2.75, 3.05) is 0 Å². The summed E-state index contributed by atoms with van der Waals surface area (Å²) in [5.41, 5.74) is 1.86. The van der Waals surface area contributed by atoms with E-state index in [2.05, 4.69) is 13.8 Å². The third-order valence-electron chi connectivity index (χ3n) is 5.89. The molecule has 3 heterocycles. The zero-order valence-corrected chi connectivity index (χ0v) is 14.8. The van der Waals surface area contributed by atoms with Gasteiger partial charge in [-0.15, -0.1) is 0 Å².